The highest BCUT2D eigenvalue weighted by Gasteiger charge is 2.33. The lowest BCUT2D eigenvalue weighted by Crippen LogP contribution is -2.24. The third-order valence-electron chi connectivity index (χ3n) is 5.06. The molecule has 0 aliphatic heterocycles. The Morgan fingerprint density at radius 3 is 2.62 bits per heavy atom. The van der Waals surface area contributed by atoms with Crippen LogP contribution in [0, 0.1) is 11.8 Å². The van der Waals surface area contributed by atoms with Gasteiger partial charge in [-0.25, -0.2) is 0 Å². The van der Waals surface area contributed by atoms with Crippen LogP contribution in [0.5, 0.6) is 5.75 Å². The molecule has 0 aromatic heterocycles. The van der Waals surface area contributed by atoms with Crippen LogP contribution in [0.15, 0.2) is 29.8 Å². The van der Waals surface area contributed by atoms with Gasteiger partial charge in [0.25, 0.3) is 0 Å². The van der Waals surface area contributed by atoms with Gasteiger partial charge in [0.05, 0.1) is 7.11 Å². The van der Waals surface area contributed by atoms with E-state index in [1.54, 1.807) is 7.11 Å². The fourth-order valence-electron chi connectivity index (χ4n) is 3.98. The topological polar surface area (TPSA) is 26.3 Å². The maximum Gasteiger partial charge on any atom is 0.159 e. The van der Waals surface area contributed by atoms with Crippen LogP contribution in [-0.2, 0) is 4.79 Å². The number of ether oxygens (including phenoxy) is 1. The predicted octanol–water partition coefficient (Wildman–Crippen LogP) is 4.64. The summed E-state index contributed by atoms with van der Waals surface area (Å²) in [6.07, 6.45) is 10.3. The molecule has 2 heteroatoms. The Morgan fingerprint density at radius 1 is 1.10 bits per heavy atom. The number of carbonyl (C=O) groups excluding carboxylic acids is 1. The van der Waals surface area contributed by atoms with Gasteiger partial charge in [-0.3, -0.25) is 4.79 Å². The van der Waals surface area contributed by atoms with Crippen LogP contribution in [0.3, 0.4) is 0 Å². The molecule has 1 unspecified atom stereocenters. The highest BCUT2D eigenvalue weighted by atomic mass is 16.5. The van der Waals surface area contributed by atoms with Crippen molar-refractivity contribution in [3.05, 3.63) is 35.4 Å². The first-order valence-corrected chi connectivity index (χ1v) is 8.17. The molecule has 1 aromatic rings. The Hall–Kier alpha value is -1.57. The second-order valence-electron chi connectivity index (χ2n) is 6.31. The van der Waals surface area contributed by atoms with Crippen LogP contribution in [0.4, 0.5) is 0 Å². The van der Waals surface area contributed by atoms with Crippen molar-refractivity contribution in [1.29, 1.82) is 0 Å². The van der Waals surface area contributed by atoms with Gasteiger partial charge in [-0.05, 0) is 55.2 Å². The van der Waals surface area contributed by atoms with Gasteiger partial charge >= 0.3 is 0 Å². The van der Waals surface area contributed by atoms with Gasteiger partial charge in [-0.15, -0.1) is 0 Å². The molecule has 2 fully saturated rings. The van der Waals surface area contributed by atoms with Gasteiger partial charge < -0.3 is 4.74 Å². The number of Topliss-reactive ketones (excluding diaryl/α,β-unsaturated/α-hetero) is 1. The van der Waals surface area contributed by atoms with Gasteiger partial charge in [-0.1, -0.05) is 31.0 Å². The molecule has 2 nitrogen and oxygen atoms in total. The smallest absolute Gasteiger partial charge is 0.159 e. The Balaban J connectivity index is 1.94. The van der Waals surface area contributed by atoms with E-state index in [0.29, 0.717) is 18.1 Å². The minimum Gasteiger partial charge on any atom is -0.496 e. The molecule has 1 atom stereocenters. The number of carbonyl (C=O) groups is 1. The number of methoxy groups -OCH3 is 1. The quantitative estimate of drug-likeness (QED) is 0.756. The first-order valence-electron chi connectivity index (χ1n) is 8.17. The lowest BCUT2D eigenvalue weighted by molar-refractivity contribution is -0.117. The number of hydrogen-bond donors (Lipinski definition) is 0. The van der Waals surface area contributed by atoms with E-state index in [4.69, 9.17) is 4.74 Å². The minimum atomic E-state index is 0.351. The second-order valence-corrected chi connectivity index (χ2v) is 6.31. The van der Waals surface area contributed by atoms with Crippen LogP contribution in [0.2, 0.25) is 0 Å². The number of para-hydroxylation sites is 1. The number of rotatable bonds is 3. The van der Waals surface area contributed by atoms with E-state index in [0.717, 1.165) is 29.2 Å². The van der Waals surface area contributed by atoms with Crippen LogP contribution in [0.25, 0.3) is 6.08 Å². The summed E-state index contributed by atoms with van der Waals surface area (Å²) in [5, 5.41) is 0. The molecule has 0 amide bonds. The molecular formula is C19H24O2. The van der Waals surface area contributed by atoms with Crippen molar-refractivity contribution < 1.29 is 9.53 Å². The average molecular weight is 284 g/mol. The Bertz CT molecular complexity index is 538. The lowest BCUT2D eigenvalue weighted by atomic mass is 9.74. The standard InChI is InChI=1S/C19H24O2/c1-21-19-12-5-4-9-15(19)13-17-16(10-6-11-18(17)20)14-7-2-3-8-14/h4-5,9,12-14,16H,2-3,6-8,10-11H2,1H3. The molecular weight excluding hydrogens is 260 g/mol. The van der Waals surface area contributed by atoms with Crippen molar-refractivity contribution in [3.63, 3.8) is 0 Å². The third kappa shape index (κ3) is 3.04. The van der Waals surface area contributed by atoms with Crippen LogP contribution in [0.1, 0.15) is 50.5 Å². The Kier molecular flexibility index (Phi) is 4.42. The molecule has 3 rings (SSSR count). The first-order chi connectivity index (χ1) is 10.3. The molecule has 0 saturated heterocycles. The van der Waals surface area contributed by atoms with Crippen LogP contribution < -0.4 is 4.74 Å². The molecule has 0 heterocycles. The SMILES string of the molecule is COc1ccccc1C=C1C(=O)CCCC1C1CCCC1. The summed E-state index contributed by atoms with van der Waals surface area (Å²) in [5.41, 5.74) is 2.09. The van der Waals surface area contributed by atoms with Crippen molar-refractivity contribution in [1.82, 2.24) is 0 Å². The molecule has 0 bridgehead atoms. The number of ketones is 1. The van der Waals surface area contributed by atoms with E-state index in [1.807, 2.05) is 24.3 Å². The summed E-state index contributed by atoms with van der Waals surface area (Å²) >= 11 is 0. The third-order valence-corrected chi connectivity index (χ3v) is 5.06. The van der Waals surface area contributed by atoms with Gasteiger partial charge in [0, 0.05) is 12.0 Å². The zero-order valence-corrected chi connectivity index (χ0v) is 12.8. The van der Waals surface area contributed by atoms with E-state index in [1.165, 1.54) is 32.1 Å². The normalized spacial score (nSPS) is 25.5. The molecule has 112 valence electrons. The van der Waals surface area contributed by atoms with Crippen LogP contribution in [-0.4, -0.2) is 12.9 Å². The molecule has 2 saturated carbocycles. The molecule has 0 radical (unpaired) electrons. The number of benzene rings is 1. The van der Waals surface area contributed by atoms with Gasteiger partial charge in [-0.2, -0.15) is 0 Å². The molecule has 2 aliphatic carbocycles. The monoisotopic (exact) mass is 284 g/mol. The average Bonchev–Trinajstić information content (AvgIpc) is 3.04. The first kappa shape index (κ1) is 14.4. The predicted molar refractivity (Wildman–Crippen MR) is 85.3 cm³/mol. The van der Waals surface area contributed by atoms with Crippen molar-refractivity contribution in [2.24, 2.45) is 11.8 Å². The van der Waals surface area contributed by atoms with Crippen molar-refractivity contribution in [2.45, 2.75) is 44.9 Å². The summed E-state index contributed by atoms with van der Waals surface area (Å²) in [4.78, 5) is 12.5. The second kappa shape index (κ2) is 6.46. The minimum absolute atomic E-state index is 0.351. The summed E-state index contributed by atoms with van der Waals surface area (Å²) < 4.78 is 5.43. The molecule has 0 spiro atoms. The fourth-order valence-corrected chi connectivity index (χ4v) is 3.98. The Morgan fingerprint density at radius 2 is 1.86 bits per heavy atom. The van der Waals surface area contributed by atoms with E-state index >= 15 is 0 Å². The molecule has 0 N–H and O–H groups in total. The number of hydrogen-bond acceptors (Lipinski definition) is 2. The van der Waals surface area contributed by atoms with Gasteiger partial charge in [0.15, 0.2) is 5.78 Å². The maximum absolute atomic E-state index is 12.5. The largest absolute Gasteiger partial charge is 0.496 e. The van der Waals surface area contributed by atoms with E-state index in [2.05, 4.69) is 6.08 Å². The van der Waals surface area contributed by atoms with Gasteiger partial charge in [0.2, 0.25) is 0 Å². The molecule has 21 heavy (non-hydrogen) atoms. The molecule has 2 aliphatic rings. The summed E-state index contributed by atoms with van der Waals surface area (Å²) in [6, 6.07) is 7.98. The summed E-state index contributed by atoms with van der Waals surface area (Å²) in [6.45, 7) is 0. The van der Waals surface area contributed by atoms with Crippen molar-refractivity contribution >= 4 is 11.9 Å². The Labute approximate surface area is 127 Å². The number of allylic oxidation sites excluding steroid dienone is 1. The fraction of sp³-hybridized carbons (Fsp3) is 0.526. The summed E-state index contributed by atoms with van der Waals surface area (Å²) in [5.74, 6) is 2.39. The van der Waals surface area contributed by atoms with E-state index in [-0.39, 0.29) is 0 Å². The zero-order valence-electron chi connectivity index (χ0n) is 12.8. The molecule has 1 aromatic carbocycles. The highest BCUT2D eigenvalue weighted by Crippen LogP contribution is 2.42. The van der Waals surface area contributed by atoms with Gasteiger partial charge in [0.1, 0.15) is 5.75 Å². The highest BCUT2D eigenvalue weighted by molar-refractivity contribution is 6.01. The summed E-state index contributed by atoms with van der Waals surface area (Å²) in [7, 11) is 1.69. The zero-order chi connectivity index (χ0) is 14.7. The van der Waals surface area contributed by atoms with Crippen molar-refractivity contribution in [3.8, 4) is 5.75 Å². The lowest BCUT2D eigenvalue weighted by Gasteiger charge is -2.29. The van der Waals surface area contributed by atoms with Crippen molar-refractivity contribution in [2.75, 3.05) is 7.11 Å². The maximum atomic E-state index is 12.5. The van der Waals surface area contributed by atoms with E-state index in [9.17, 15) is 4.79 Å². The van der Waals surface area contributed by atoms with E-state index < -0.39 is 0 Å². The van der Waals surface area contributed by atoms with Crippen LogP contribution >= 0.6 is 0 Å².